The van der Waals surface area contributed by atoms with Crippen LogP contribution in [0.2, 0.25) is 20.1 Å². The Morgan fingerprint density at radius 2 is 1.55 bits per heavy atom. The molecule has 218 valence electrons. The van der Waals surface area contributed by atoms with Crippen molar-refractivity contribution in [3.8, 4) is 0 Å². The summed E-state index contributed by atoms with van der Waals surface area (Å²) in [7, 11) is -3.97. The number of nitrogens with one attached hydrogen (secondary N) is 2. The smallest absolute Gasteiger partial charge is 0.329 e. The Hall–Kier alpha value is -3.38. The van der Waals surface area contributed by atoms with E-state index in [2.05, 4.69) is 15.8 Å². The molecule has 0 fully saturated rings. The van der Waals surface area contributed by atoms with Crippen LogP contribution in [-0.4, -0.2) is 30.8 Å². The number of carbonyl (C=O) groups is 2. The zero-order valence-corrected chi connectivity index (χ0v) is 25.6. The molecule has 0 saturated carbocycles. The third-order valence-corrected chi connectivity index (χ3v) is 8.55. The van der Waals surface area contributed by atoms with Crippen molar-refractivity contribution in [2.45, 2.75) is 24.9 Å². The first-order valence-electron chi connectivity index (χ1n) is 12.1. The van der Waals surface area contributed by atoms with E-state index in [1.54, 1.807) is 30.3 Å². The van der Waals surface area contributed by atoms with Gasteiger partial charge >= 0.3 is 11.8 Å². The number of amides is 2. The molecule has 4 rings (SSSR count). The molecule has 1 aromatic heterocycles. The van der Waals surface area contributed by atoms with Gasteiger partial charge in [-0.15, -0.1) is 0 Å². The predicted molar refractivity (Wildman–Crippen MR) is 164 cm³/mol. The van der Waals surface area contributed by atoms with Crippen LogP contribution in [0.15, 0.2) is 87.2 Å². The van der Waals surface area contributed by atoms with E-state index in [4.69, 9.17) is 50.8 Å². The first kappa shape index (κ1) is 31.6. The molecule has 3 aromatic carbocycles. The van der Waals surface area contributed by atoms with E-state index < -0.39 is 21.8 Å². The Kier molecular flexibility index (Phi) is 10.3. The quantitative estimate of drug-likeness (QED) is 0.117. The van der Waals surface area contributed by atoms with Gasteiger partial charge in [0.25, 0.3) is 0 Å². The number of furan rings is 1. The minimum atomic E-state index is -3.97. The molecular weight excluding hydrogens is 646 g/mol. The van der Waals surface area contributed by atoms with Crippen molar-refractivity contribution in [3.63, 3.8) is 0 Å². The molecule has 0 saturated heterocycles. The van der Waals surface area contributed by atoms with E-state index in [-0.39, 0.29) is 39.5 Å². The van der Waals surface area contributed by atoms with Crippen LogP contribution in [0.5, 0.6) is 0 Å². The van der Waals surface area contributed by atoms with E-state index in [0.29, 0.717) is 21.4 Å². The minimum absolute atomic E-state index is 0.0562. The SMILES string of the molecule is Cc1ccc(S(=O)(=O)N(Cc2ccc(/C=N/NC(=O)C(=O)Nc3cc(Cl)cc(Cl)c3)o2)Cc2ccc(Cl)cc2Cl)cc1. The van der Waals surface area contributed by atoms with Crippen molar-refractivity contribution in [1.82, 2.24) is 9.73 Å². The number of aryl methyl sites for hydroxylation is 1. The second kappa shape index (κ2) is 13.7. The number of carbonyl (C=O) groups excluding carboxylic acids is 2. The highest BCUT2D eigenvalue weighted by Gasteiger charge is 2.27. The van der Waals surface area contributed by atoms with Crippen LogP contribution in [0.4, 0.5) is 5.69 Å². The number of benzene rings is 3. The highest BCUT2D eigenvalue weighted by atomic mass is 35.5. The summed E-state index contributed by atoms with van der Waals surface area (Å²) in [4.78, 5) is 24.4. The summed E-state index contributed by atoms with van der Waals surface area (Å²) >= 11 is 24.1. The maximum Gasteiger partial charge on any atom is 0.329 e. The number of hydrogen-bond acceptors (Lipinski definition) is 6. The fraction of sp³-hybridized carbons (Fsp3) is 0.107. The van der Waals surface area contributed by atoms with E-state index >= 15 is 0 Å². The molecule has 0 aliphatic heterocycles. The lowest BCUT2D eigenvalue weighted by Gasteiger charge is -2.22. The highest BCUT2D eigenvalue weighted by molar-refractivity contribution is 7.89. The molecule has 2 N–H and O–H groups in total. The van der Waals surface area contributed by atoms with Crippen LogP contribution in [0.1, 0.15) is 22.6 Å². The lowest BCUT2D eigenvalue weighted by molar-refractivity contribution is -0.136. The lowest BCUT2D eigenvalue weighted by atomic mass is 10.2. The van der Waals surface area contributed by atoms with E-state index in [1.165, 1.54) is 53.0 Å². The number of sulfonamides is 1. The van der Waals surface area contributed by atoms with Gasteiger partial charge in [-0.25, -0.2) is 13.8 Å². The van der Waals surface area contributed by atoms with E-state index in [1.807, 2.05) is 6.92 Å². The Balaban J connectivity index is 1.46. The second-order valence-electron chi connectivity index (χ2n) is 8.94. The third kappa shape index (κ3) is 8.34. The fourth-order valence-electron chi connectivity index (χ4n) is 3.67. The maximum absolute atomic E-state index is 13.6. The molecule has 0 aliphatic carbocycles. The molecule has 0 radical (unpaired) electrons. The molecule has 9 nitrogen and oxygen atoms in total. The number of hydrazone groups is 1. The monoisotopic (exact) mass is 666 g/mol. The molecule has 2 amide bonds. The molecule has 1 heterocycles. The van der Waals surface area contributed by atoms with Crippen LogP contribution in [0.25, 0.3) is 0 Å². The van der Waals surface area contributed by atoms with Crippen LogP contribution in [0, 0.1) is 6.92 Å². The normalized spacial score (nSPS) is 11.7. The molecule has 4 aromatic rings. The van der Waals surface area contributed by atoms with Gasteiger partial charge in [-0.2, -0.15) is 9.41 Å². The summed E-state index contributed by atoms with van der Waals surface area (Å²) in [6.07, 6.45) is 1.17. The largest absolute Gasteiger partial charge is 0.459 e. The van der Waals surface area contributed by atoms with Gasteiger partial charge in [0.15, 0.2) is 0 Å². The summed E-state index contributed by atoms with van der Waals surface area (Å²) in [6.45, 7) is 1.66. The van der Waals surface area contributed by atoms with Crippen molar-refractivity contribution in [2.75, 3.05) is 5.32 Å². The first-order chi connectivity index (χ1) is 19.9. The topological polar surface area (TPSA) is 121 Å². The van der Waals surface area contributed by atoms with Crippen LogP contribution in [0.3, 0.4) is 0 Å². The number of hydrogen-bond donors (Lipinski definition) is 2. The maximum atomic E-state index is 13.6. The molecular formula is C28H22Cl4N4O5S. The van der Waals surface area contributed by atoms with Crippen molar-refractivity contribution in [2.24, 2.45) is 5.10 Å². The van der Waals surface area contributed by atoms with Gasteiger partial charge in [-0.3, -0.25) is 9.59 Å². The Morgan fingerprint density at radius 1 is 0.857 bits per heavy atom. The van der Waals surface area contributed by atoms with Crippen molar-refractivity contribution in [3.05, 3.63) is 116 Å². The van der Waals surface area contributed by atoms with Gasteiger partial charge in [0, 0.05) is 32.3 Å². The van der Waals surface area contributed by atoms with Gasteiger partial charge in [-0.1, -0.05) is 70.2 Å². The Labute approximate surface area is 262 Å². The minimum Gasteiger partial charge on any atom is -0.459 e. The molecule has 0 atom stereocenters. The van der Waals surface area contributed by atoms with Crippen LogP contribution >= 0.6 is 46.4 Å². The van der Waals surface area contributed by atoms with Crippen LogP contribution < -0.4 is 10.7 Å². The third-order valence-electron chi connectivity index (χ3n) is 5.72. The molecule has 42 heavy (non-hydrogen) atoms. The molecule has 0 spiro atoms. The van der Waals surface area contributed by atoms with Crippen molar-refractivity contribution in [1.29, 1.82) is 0 Å². The summed E-state index contributed by atoms with van der Waals surface area (Å²) in [5, 5.41) is 7.40. The van der Waals surface area contributed by atoms with E-state index in [9.17, 15) is 18.0 Å². The van der Waals surface area contributed by atoms with Crippen molar-refractivity contribution < 1.29 is 22.4 Å². The van der Waals surface area contributed by atoms with Gasteiger partial charge in [0.05, 0.1) is 17.7 Å². The van der Waals surface area contributed by atoms with E-state index in [0.717, 1.165) is 5.56 Å². The molecule has 0 unspecified atom stereocenters. The molecule has 0 bridgehead atoms. The van der Waals surface area contributed by atoms with Gasteiger partial charge in [0.1, 0.15) is 11.5 Å². The standard InChI is InChI=1S/C28H22Cl4N4O5S/c1-17-2-8-25(9-3-17)42(39,40)36(15-18-4-5-19(29)13-26(18)32)16-24-7-6-23(41-24)14-33-35-28(38)27(37)34-22-11-20(30)10-21(31)12-22/h2-14H,15-16H2,1H3,(H,34,37)(H,35,38)/b33-14+. The summed E-state index contributed by atoms with van der Waals surface area (Å²) in [5.41, 5.74) is 3.78. The zero-order chi connectivity index (χ0) is 30.4. The lowest BCUT2D eigenvalue weighted by Crippen LogP contribution is -2.32. The summed E-state index contributed by atoms with van der Waals surface area (Å²) in [5.74, 6) is -1.56. The predicted octanol–water partition coefficient (Wildman–Crippen LogP) is 6.68. The number of halogens is 4. The second-order valence-corrected chi connectivity index (χ2v) is 12.6. The molecule has 0 aliphatic rings. The first-order valence-corrected chi connectivity index (χ1v) is 15.1. The average Bonchev–Trinajstić information content (AvgIpc) is 3.36. The van der Waals surface area contributed by atoms with Gasteiger partial charge in [0.2, 0.25) is 10.0 Å². The summed E-state index contributed by atoms with van der Waals surface area (Å²) < 4.78 is 34.2. The summed E-state index contributed by atoms with van der Waals surface area (Å²) in [6, 6.07) is 18.7. The van der Waals surface area contributed by atoms with Crippen molar-refractivity contribution >= 4 is 80.1 Å². The number of nitrogens with zero attached hydrogens (tertiary/aromatic N) is 2. The zero-order valence-electron chi connectivity index (χ0n) is 21.8. The van der Waals surface area contributed by atoms with Gasteiger partial charge < -0.3 is 9.73 Å². The van der Waals surface area contributed by atoms with Gasteiger partial charge in [-0.05, 0) is 67.1 Å². The molecule has 14 heteroatoms. The average molecular weight is 668 g/mol. The highest BCUT2D eigenvalue weighted by Crippen LogP contribution is 2.27. The fourth-order valence-corrected chi connectivity index (χ4v) is 6.05. The Morgan fingerprint density at radius 3 is 2.21 bits per heavy atom. The number of rotatable bonds is 9. The number of anilines is 1. The Bertz CT molecular complexity index is 1740. The van der Waals surface area contributed by atoms with Crippen LogP contribution in [-0.2, 0) is 32.7 Å².